The van der Waals surface area contributed by atoms with Crippen LogP contribution in [-0.4, -0.2) is 28.2 Å². The Morgan fingerprint density at radius 1 is 0.969 bits per heavy atom. The van der Waals surface area contributed by atoms with Gasteiger partial charge in [0.05, 0.1) is 16.4 Å². The molecule has 5 rings (SSSR count). The van der Waals surface area contributed by atoms with E-state index >= 15 is 0 Å². The highest BCUT2D eigenvalue weighted by Gasteiger charge is 2.53. The summed E-state index contributed by atoms with van der Waals surface area (Å²) in [5.74, 6) is 0.252. The minimum Gasteiger partial charge on any atom is -0.299 e. The fraction of sp³-hybridized carbons (Fsp3) is 0.385. The van der Waals surface area contributed by atoms with Gasteiger partial charge in [-0.2, -0.15) is 10.2 Å². The van der Waals surface area contributed by atoms with E-state index < -0.39 is 0 Å². The van der Waals surface area contributed by atoms with Crippen molar-refractivity contribution in [1.82, 2.24) is 15.1 Å². The number of aromatic nitrogens is 2. The molecule has 1 spiro atoms. The summed E-state index contributed by atoms with van der Waals surface area (Å²) in [5, 5.41) is 9.10. The molecule has 6 heteroatoms. The number of rotatable bonds is 6. The maximum atomic E-state index is 13.5. The Hall–Kier alpha value is -2.37. The Morgan fingerprint density at radius 3 is 2.53 bits per heavy atom. The van der Waals surface area contributed by atoms with Crippen LogP contribution in [0.15, 0.2) is 54.6 Å². The van der Waals surface area contributed by atoms with Gasteiger partial charge in [-0.15, -0.1) is 0 Å². The first kappa shape index (κ1) is 21.5. The van der Waals surface area contributed by atoms with Crippen molar-refractivity contribution in [2.75, 3.05) is 13.1 Å². The molecule has 0 N–H and O–H groups in total. The number of halogens is 3. The quantitative estimate of drug-likeness (QED) is 0.438. The highest BCUT2D eigenvalue weighted by Crippen LogP contribution is 2.61. The lowest BCUT2D eigenvalue weighted by Gasteiger charge is -2.33. The van der Waals surface area contributed by atoms with Crippen molar-refractivity contribution in [1.29, 1.82) is 0 Å². The van der Waals surface area contributed by atoms with Crippen molar-refractivity contribution >= 4 is 11.6 Å². The molecule has 1 aliphatic heterocycles. The number of likely N-dealkylation sites (tertiary alicyclic amines) is 1. The summed E-state index contributed by atoms with van der Waals surface area (Å²) in [7, 11) is 0. The average Bonchev–Trinajstić information content (AvgIpc) is 3.48. The maximum Gasteiger partial charge on any atom is 0.123 e. The zero-order valence-electron chi connectivity index (χ0n) is 17.9. The molecule has 3 aromatic rings. The summed E-state index contributed by atoms with van der Waals surface area (Å²) in [5.41, 5.74) is 3.66. The second-order valence-electron chi connectivity index (χ2n) is 9.24. The third-order valence-corrected chi connectivity index (χ3v) is 7.51. The number of aryl methyl sites for hydroxylation is 1. The van der Waals surface area contributed by atoms with Crippen LogP contribution in [0.25, 0.3) is 11.3 Å². The predicted octanol–water partition coefficient (Wildman–Crippen LogP) is 6.31. The lowest BCUT2D eigenvalue weighted by molar-refractivity contribution is 0.155. The highest BCUT2D eigenvalue weighted by molar-refractivity contribution is 6.33. The van der Waals surface area contributed by atoms with Crippen LogP contribution in [-0.2, 0) is 13.0 Å². The zero-order chi connectivity index (χ0) is 22.1. The van der Waals surface area contributed by atoms with Crippen molar-refractivity contribution in [3.05, 3.63) is 82.5 Å². The molecule has 2 fully saturated rings. The lowest BCUT2D eigenvalue weighted by atomic mass is 9.89. The molecule has 1 atom stereocenters. The number of piperidine rings is 1. The molecule has 166 valence electrons. The van der Waals surface area contributed by atoms with E-state index in [1.165, 1.54) is 43.5 Å². The number of nitrogens with zero attached hydrogens (tertiary/aromatic N) is 3. The van der Waals surface area contributed by atoms with Crippen LogP contribution in [0, 0.1) is 23.0 Å². The smallest absolute Gasteiger partial charge is 0.123 e. The summed E-state index contributed by atoms with van der Waals surface area (Å²) >= 11 is 6.17. The molecule has 0 radical (unpaired) electrons. The molecule has 1 saturated heterocycles. The van der Waals surface area contributed by atoms with Gasteiger partial charge in [0.25, 0.3) is 0 Å². The monoisotopic (exact) mass is 453 g/mol. The fourth-order valence-electron chi connectivity index (χ4n) is 5.16. The zero-order valence-corrected chi connectivity index (χ0v) is 18.7. The highest BCUT2D eigenvalue weighted by atomic mass is 35.5. The molecule has 0 bridgehead atoms. The van der Waals surface area contributed by atoms with Gasteiger partial charge in [0, 0.05) is 12.1 Å². The molecule has 2 aromatic carbocycles. The van der Waals surface area contributed by atoms with Crippen LogP contribution < -0.4 is 0 Å². The van der Waals surface area contributed by atoms with Gasteiger partial charge in [-0.25, -0.2) is 8.78 Å². The molecule has 3 nitrogen and oxygen atoms in total. The lowest BCUT2D eigenvalue weighted by Crippen LogP contribution is -2.34. The number of hydrogen-bond donors (Lipinski definition) is 0. The van der Waals surface area contributed by atoms with Gasteiger partial charge in [-0.3, -0.25) is 4.90 Å². The van der Waals surface area contributed by atoms with Gasteiger partial charge in [-0.1, -0.05) is 23.7 Å². The largest absolute Gasteiger partial charge is 0.299 e. The first-order valence-electron chi connectivity index (χ1n) is 11.3. The summed E-state index contributed by atoms with van der Waals surface area (Å²) in [6, 6.07) is 15.0. The van der Waals surface area contributed by atoms with E-state index in [1.54, 1.807) is 12.1 Å². The van der Waals surface area contributed by atoms with Crippen LogP contribution >= 0.6 is 11.6 Å². The van der Waals surface area contributed by atoms with Gasteiger partial charge >= 0.3 is 0 Å². The van der Waals surface area contributed by atoms with E-state index in [-0.39, 0.29) is 11.6 Å². The van der Waals surface area contributed by atoms with E-state index in [1.807, 2.05) is 18.2 Å². The second kappa shape index (κ2) is 8.87. The van der Waals surface area contributed by atoms with Gasteiger partial charge in [0.1, 0.15) is 11.6 Å². The molecule has 0 amide bonds. The Morgan fingerprint density at radius 2 is 1.78 bits per heavy atom. The van der Waals surface area contributed by atoms with Gasteiger partial charge < -0.3 is 0 Å². The summed E-state index contributed by atoms with van der Waals surface area (Å²) in [4.78, 5) is 2.44. The van der Waals surface area contributed by atoms with Crippen molar-refractivity contribution in [3.8, 4) is 11.3 Å². The first-order valence-corrected chi connectivity index (χ1v) is 11.6. The van der Waals surface area contributed by atoms with Crippen LogP contribution in [0.5, 0.6) is 0 Å². The summed E-state index contributed by atoms with van der Waals surface area (Å²) in [6.45, 7) is 2.99. The third kappa shape index (κ3) is 4.69. The Labute approximate surface area is 192 Å². The molecule has 32 heavy (non-hydrogen) atoms. The van der Waals surface area contributed by atoms with E-state index in [0.717, 1.165) is 49.7 Å². The van der Waals surface area contributed by atoms with Gasteiger partial charge in [-0.05, 0) is 105 Å². The van der Waals surface area contributed by atoms with Crippen LogP contribution in [0.1, 0.15) is 36.9 Å². The molecular formula is C26H26ClF2N3. The van der Waals surface area contributed by atoms with E-state index in [9.17, 15) is 8.78 Å². The Balaban J connectivity index is 1.11. The van der Waals surface area contributed by atoms with Gasteiger partial charge in [0.15, 0.2) is 0 Å². The minimum atomic E-state index is -0.337. The fourth-order valence-corrected chi connectivity index (χ4v) is 5.37. The molecule has 1 aliphatic carbocycles. The van der Waals surface area contributed by atoms with Crippen LogP contribution in [0.2, 0.25) is 5.02 Å². The SMILES string of the molecule is Fc1cccc(CN2CCC3(CC2)CC3CCc2ccc(-c3cc(F)ccc3Cl)nn2)c1. The Kier molecular flexibility index (Phi) is 5.95. The Bertz CT molecular complexity index is 1090. The minimum absolute atomic E-state index is 0.159. The van der Waals surface area contributed by atoms with Crippen LogP contribution in [0.3, 0.4) is 0 Å². The van der Waals surface area contributed by atoms with Crippen molar-refractivity contribution in [2.24, 2.45) is 11.3 Å². The molecule has 2 heterocycles. The summed E-state index contributed by atoms with van der Waals surface area (Å²) < 4.78 is 27.0. The molecule has 1 saturated carbocycles. The third-order valence-electron chi connectivity index (χ3n) is 7.18. The maximum absolute atomic E-state index is 13.5. The molecular weight excluding hydrogens is 428 g/mol. The van der Waals surface area contributed by atoms with Gasteiger partial charge in [0.2, 0.25) is 0 Å². The van der Waals surface area contributed by atoms with Crippen molar-refractivity contribution in [3.63, 3.8) is 0 Å². The topological polar surface area (TPSA) is 29.0 Å². The van der Waals surface area contributed by atoms with Crippen molar-refractivity contribution < 1.29 is 8.78 Å². The second-order valence-corrected chi connectivity index (χ2v) is 9.65. The number of hydrogen-bond acceptors (Lipinski definition) is 3. The molecule has 1 unspecified atom stereocenters. The van der Waals surface area contributed by atoms with E-state index in [0.29, 0.717) is 21.7 Å². The van der Waals surface area contributed by atoms with Crippen LogP contribution in [0.4, 0.5) is 8.78 Å². The standard InChI is InChI=1S/C26H26ClF2N3/c27-24-8-5-21(29)15-23(24)25-9-7-22(30-31-25)6-4-19-16-26(19)10-12-32(13-11-26)17-18-2-1-3-20(28)14-18/h1-3,5,7-9,14-15,19H,4,6,10-13,16-17H2. The molecule has 2 aliphatic rings. The first-order chi connectivity index (χ1) is 15.5. The molecule has 1 aromatic heterocycles. The number of benzene rings is 2. The average molecular weight is 454 g/mol. The normalized spacial score (nSPS) is 19.9. The summed E-state index contributed by atoms with van der Waals surface area (Å²) in [6.07, 6.45) is 5.76. The predicted molar refractivity (Wildman–Crippen MR) is 122 cm³/mol. The van der Waals surface area contributed by atoms with E-state index in [4.69, 9.17) is 11.6 Å². The van der Waals surface area contributed by atoms with E-state index in [2.05, 4.69) is 15.1 Å². The van der Waals surface area contributed by atoms with Crippen molar-refractivity contribution in [2.45, 2.75) is 38.6 Å².